The van der Waals surface area contributed by atoms with E-state index >= 15 is 0 Å². The number of halogens is 1. The molecular formula is C25H24FN3O4. The SMILES string of the molecule is CC[C@@]1(O)C(=O)OCc2c1cc1n(c2=O)Cc2c-1nc1cc(F)c(C)cc1c2/C=C/CCN. The Balaban J connectivity index is 1.82. The standard InChI is InChI=1S/C25H24FN3O4/c1-3-25(32)18-9-21-22-16(11-29(21)23(30)17(18)12-33-24(25)31)14(6-4-5-7-27)15-8-13(2)19(26)10-20(15)28-22/h4,6,8-10,32H,3,5,7,11-12,27H2,1-2H3/b6-4+/t25-/m0/s1. The van der Waals surface area contributed by atoms with Gasteiger partial charge in [0.2, 0.25) is 0 Å². The predicted octanol–water partition coefficient (Wildman–Crippen LogP) is 2.89. The minimum atomic E-state index is -1.89. The van der Waals surface area contributed by atoms with Gasteiger partial charge in [-0.3, -0.25) is 4.79 Å². The van der Waals surface area contributed by atoms with Gasteiger partial charge >= 0.3 is 5.97 Å². The summed E-state index contributed by atoms with van der Waals surface area (Å²) in [5.74, 6) is -1.13. The lowest BCUT2D eigenvalue weighted by molar-refractivity contribution is -0.172. The second kappa shape index (κ2) is 7.60. The molecule has 2 aromatic heterocycles. The van der Waals surface area contributed by atoms with Crippen LogP contribution < -0.4 is 11.3 Å². The maximum absolute atomic E-state index is 14.4. The maximum Gasteiger partial charge on any atom is 0.343 e. The van der Waals surface area contributed by atoms with Crippen molar-refractivity contribution < 1.29 is 19.0 Å². The molecule has 0 saturated carbocycles. The predicted molar refractivity (Wildman–Crippen MR) is 122 cm³/mol. The molecular weight excluding hydrogens is 425 g/mol. The number of cyclic esters (lactones) is 1. The largest absolute Gasteiger partial charge is 0.458 e. The summed E-state index contributed by atoms with van der Waals surface area (Å²) in [6, 6.07) is 4.81. The molecule has 2 aliphatic rings. The molecule has 0 radical (unpaired) electrons. The van der Waals surface area contributed by atoms with Crippen LogP contribution >= 0.6 is 0 Å². The van der Waals surface area contributed by atoms with Crippen molar-refractivity contribution >= 4 is 22.9 Å². The van der Waals surface area contributed by atoms with Crippen molar-refractivity contribution in [1.29, 1.82) is 0 Å². The van der Waals surface area contributed by atoms with Gasteiger partial charge in [-0.2, -0.15) is 0 Å². The first-order valence-electron chi connectivity index (χ1n) is 11.0. The van der Waals surface area contributed by atoms with Gasteiger partial charge in [0.15, 0.2) is 5.60 Å². The molecule has 0 amide bonds. The summed E-state index contributed by atoms with van der Waals surface area (Å²) in [5.41, 5.74) is 7.62. The Hall–Kier alpha value is -3.36. The first-order valence-corrected chi connectivity index (χ1v) is 11.0. The van der Waals surface area contributed by atoms with E-state index in [1.54, 1.807) is 30.5 Å². The van der Waals surface area contributed by atoms with Crippen LogP contribution in [0.2, 0.25) is 0 Å². The molecule has 170 valence electrons. The fourth-order valence-corrected chi connectivity index (χ4v) is 4.73. The molecule has 5 rings (SSSR count). The summed E-state index contributed by atoms with van der Waals surface area (Å²) in [6.45, 7) is 3.94. The fraction of sp³-hybridized carbons (Fsp3) is 0.320. The van der Waals surface area contributed by atoms with Crippen LogP contribution in [0.3, 0.4) is 0 Å². The normalized spacial score (nSPS) is 19.0. The Morgan fingerprint density at radius 3 is 2.82 bits per heavy atom. The van der Waals surface area contributed by atoms with Gasteiger partial charge in [-0.25, -0.2) is 14.2 Å². The Kier molecular flexibility index (Phi) is 4.95. The molecule has 0 spiro atoms. The second-order valence-corrected chi connectivity index (χ2v) is 8.55. The number of nitrogens with zero attached hydrogens (tertiary/aromatic N) is 2. The highest BCUT2D eigenvalue weighted by Crippen LogP contribution is 2.40. The zero-order valence-electron chi connectivity index (χ0n) is 18.4. The molecule has 0 fully saturated rings. The van der Waals surface area contributed by atoms with Crippen LogP contribution in [0.5, 0.6) is 0 Å². The van der Waals surface area contributed by atoms with Crippen molar-refractivity contribution in [1.82, 2.24) is 9.55 Å². The van der Waals surface area contributed by atoms with Crippen molar-refractivity contribution in [2.24, 2.45) is 5.73 Å². The fourth-order valence-electron chi connectivity index (χ4n) is 4.73. The first kappa shape index (κ1) is 21.5. The lowest BCUT2D eigenvalue weighted by Crippen LogP contribution is -2.44. The van der Waals surface area contributed by atoms with Gasteiger partial charge in [-0.05, 0) is 49.6 Å². The number of benzene rings is 1. The minimum absolute atomic E-state index is 0.0668. The Labute approximate surface area is 189 Å². The van der Waals surface area contributed by atoms with Crippen molar-refractivity contribution in [2.75, 3.05) is 6.54 Å². The van der Waals surface area contributed by atoms with Crippen molar-refractivity contribution in [2.45, 2.75) is 45.4 Å². The van der Waals surface area contributed by atoms with Gasteiger partial charge in [0.25, 0.3) is 5.56 Å². The molecule has 7 nitrogen and oxygen atoms in total. The molecule has 0 saturated heterocycles. The van der Waals surface area contributed by atoms with E-state index in [-0.39, 0.29) is 42.1 Å². The summed E-state index contributed by atoms with van der Waals surface area (Å²) in [4.78, 5) is 30.5. The van der Waals surface area contributed by atoms with E-state index in [1.807, 2.05) is 12.2 Å². The monoisotopic (exact) mass is 449 g/mol. The molecule has 0 unspecified atom stereocenters. The van der Waals surface area contributed by atoms with Crippen LogP contribution in [-0.4, -0.2) is 27.2 Å². The van der Waals surface area contributed by atoms with E-state index in [0.717, 1.165) is 16.5 Å². The lowest BCUT2D eigenvalue weighted by atomic mass is 9.86. The molecule has 1 aromatic carbocycles. The third-order valence-corrected chi connectivity index (χ3v) is 6.63. The molecule has 0 aliphatic carbocycles. The number of esters is 1. The van der Waals surface area contributed by atoms with Crippen LogP contribution in [0, 0.1) is 12.7 Å². The molecule has 3 aromatic rings. The van der Waals surface area contributed by atoms with Gasteiger partial charge in [-0.1, -0.05) is 19.1 Å². The van der Waals surface area contributed by atoms with E-state index in [1.165, 1.54) is 6.07 Å². The number of rotatable bonds is 4. The molecule has 4 heterocycles. The second-order valence-electron chi connectivity index (χ2n) is 8.55. The third kappa shape index (κ3) is 3.05. The topological polar surface area (TPSA) is 107 Å². The molecule has 3 N–H and O–H groups in total. The number of hydrogen-bond donors (Lipinski definition) is 2. The van der Waals surface area contributed by atoms with Crippen LogP contribution in [0.1, 0.15) is 47.6 Å². The first-order chi connectivity index (χ1) is 15.8. The van der Waals surface area contributed by atoms with Crippen molar-refractivity contribution in [3.8, 4) is 11.4 Å². The Morgan fingerprint density at radius 2 is 2.09 bits per heavy atom. The van der Waals surface area contributed by atoms with Gasteiger partial charge in [0.1, 0.15) is 12.4 Å². The number of pyridine rings is 2. The Bertz CT molecular complexity index is 1430. The minimum Gasteiger partial charge on any atom is -0.458 e. The zero-order chi connectivity index (χ0) is 23.5. The molecule has 2 aliphatic heterocycles. The maximum atomic E-state index is 14.4. The van der Waals surface area contributed by atoms with E-state index < -0.39 is 11.6 Å². The number of fused-ring (bicyclic) bond motifs is 5. The Morgan fingerprint density at radius 1 is 1.30 bits per heavy atom. The summed E-state index contributed by atoms with van der Waals surface area (Å²) < 4.78 is 21.1. The number of aliphatic hydroxyl groups is 1. The highest BCUT2D eigenvalue weighted by molar-refractivity contribution is 5.94. The molecule has 0 bridgehead atoms. The molecule has 1 atom stereocenters. The number of aromatic nitrogens is 2. The van der Waals surface area contributed by atoms with E-state index in [0.29, 0.717) is 35.4 Å². The smallest absolute Gasteiger partial charge is 0.343 e. The van der Waals surface area contributed by atoms with Gasteiger partial charge in [0, 0.05) is 22.6 Å². The highest BCUT2D eigenvalue weighted by Gasteiger charge is 2.45. The average molecular weight is 449 g/mol. The van der Waals surface area contributed by atoms with Gasteiger partial charge < -0.3 is 20.1 Å². The molecule has 33 heavy (non-hydrogen) atoms. The van der Waals surface area contributed by atoms with Gasteiger partial charge in [-0.15, -0.1) is 0 Å². The summed E-state index contributed by atoms with van der Waals surface area (Å²) in [5, 5.41) is 11.8. The van der Waals surface area contributed by atoms with Crippen molar-refractivity contribution in [3.63, 3.8) is 0 Å². The quantitative estimate of drug-likeness (QED) is 0.464. The summed E-state index contributed by atoms with van der Waals surface area (Å²) in [6.07, 6.45) is 4.63. The van der Waals surface area contributed by atoms with Gasteiger partial charge in [0.05, 0.1) is 29.0 Å². The number of aryl methyl sites for hydroxylation is 1. The third-order valence-electron chi connectivity index (χ3n) is 6.63. The van der Waals surface area contributed by atoms with E-state index in [4.69, 9.17) is 15.5 Å². The number of ether oxygens (including phenoxy) is 1. The summed E-state index contributed by atoms with van der Waals surface area (Å²) >= 11 is 0. The number of carbonyl (C=O) groups excluding carboxylic acids is 1. The van der Waals surface area contributed by atoms with E-state index in [9.17, 15) is 19.1 Å². The number of carbonyl (C=O) groups is 1. The summed E-state index contributed by atoms with van der Waals surface area (Å²) in [7, 11) is 0. The highest BCUT2D eigenvalue weighted by atomic mass is 19.1. The number of nitrogens with two attached hydrogens (primary N) is 1. The molecule has 8 heteroatoms. The van der Waals surface area contributed by atoms with Crippen molar-refractivity contribution in [3.05, 3.63) is 68.3 Å². The number of hydrogen-bond acceptors (Lipinski definition) is 6. The average Bonchev–Trinajstić information content (AvgIpc) is 3.16. The van der Waals surface area contributed by atoms with Crippen LogP contribution in [0.15, 0.2) is 29.1 Å². The van der Waals surface area contributed by atoms with Crippen LogP contribution in [0.4, 0.5) is 4.39 Å². The van der Waals surface area contributed by atoms with E-state index in [2.05, 4.69) is 0 Å². The van der Waals surface area contributed by atoms with Crippen LogP contribution in [0.25, 0.3) is 28.4 Å². The van der Waals surface area contributed by atoms with Crippen LogP contribution in [-0.2, 0) is 28.3 Å². The lowest BCUT2D eigenvalue weighted by Gasteiger charge is -2.31. The zero-order valence-corrected chi connectivity index (χ0v) is 18.4.